The summed E-state index contributed by atoms with van der Waals surface area (Å²) < 4.78 is 15.0. The molecular weight excluding hydrogens is 312 g/mol. The summed E-state index contributed by atoms with van der Waals surface area (Å²) in [4.78, 5) is 8.82. The predicted octanol–water partition coefficient (Wildman–Crippen LogP) is 4.57. The molecule has 1 unspecified atom stereocenters. The third-order valence-electron chi connectivity index (χ3n) is 3.43. The monoisotopic (exact) mass is 323 g/mol. The maximum absolute atomic E-state index is 13.1. The molecule has 0 N–H and O–H groups in total. The molecule has 0 aliphatic carbocycles. The molecule has 0 aliphatic rings. The van der Waals surface area contributed by atoms with Gasteiger partial charge in [0.25, 0.3) is 0 Å². The molecule has 1 atom stereocenters. The molecule has 21 heavy (non-hydrogen) atoms. The number of benzene rings is 1. The van der Waals surface area contributed by atoms with Crippen molar-refractivity contribution in [2.45, 2.75) is 18.8 Å². The van der Waals surface area contributed by atoms with Crippen LogP contribution in [0.2, 0.25) is 5.02 Å². The Kier molecular flexibility index (Phi) is 3.83. The van der Waals surface area contributed by atoms with Crippen molar-refractivity contribution < 1.29 is 4.39 Å². The Labute approximate surface area is 131 Å². The Bertz CT molecular complexity index is 783. The van der Waals surface area contributed by atoms with Crippen LogP contribution in [0.4, 0.5) is 4.39 Å². The predicted molar refractivity (Wildman–Crippen MR) is 82.3 cm³/mol. The van der Waals surface area contributed by atoms with Crippen molar-refractivity contribution in [2.24, 2.45) is 0 Å². The van der Waals surface area contributed by atoms with Crippen molar-refractivity contribution in [2.75, 3.05) is 0 Å². The van der Waals surface area contributed by atoms with E-state index in [2.05, 4.69) is 9.97 Å². The third-order valence-corrected chi connectivity index (χ3v) is 3.87. The Morgan fingerprint density at radius 3 is 2.67 bits per heavy atom. The molecule has 0 aliphatic heterocycles. The van der Waals surface area contributed by atoms with Crippen LogP contribution in [0, 0.1) is 5.82 Å². The first-order valence-electron chi connectivity index (χ1n) is 6.44. The lowest BCUT2D eigenvalue weighted by Gasteiger charge is -2.16. The number of aromatic nitrogens is 3. The molecule has 0 spiro atoms. The van der Waals surface area contributed by atoms with Crippen LogP contribution in [-0.2, 0) is 5.88 Å². The summed E-state index contributed by atoms with van der Waals surface area (Å²) in [6.45, 7) is 2.00. The van der Waals surface area contributed by atoms with Crippen molar-refractivity contribution in [3.8, 4) is 0 Å². The van der Waals surface area contributed by atoms with E-state index in [1.807, 2.05) is 11.5 Å². The summed E-state index contributed by atoms with van der Waals surface area (Å²) in [6, 6.07) is 8.08. The lowest BCUT2D eigenvalue weighted by molar-refractivity contribution is 0.612. The molecule has 2 heterocycles. The summed E-state index contributed by atoms with van der Waals surface area (Å²) in [7, 11) is 0. The fraction of sp³-hybridized carbons (Fsp3) is 0.200. The number of imidazole rings is 1. The van der Waals surface area contributed by atoms with Gasteiger partial charge in [-0.3, -0.25) is 0 Å². The van der Waals surface area contributed by atoms with E-state index in [1.165, 1.54) is 12.1 Å². The maximum atomic E-state index is 13.1. The lowest BCUT2D eigenvalue weighted by Crippen LogP contribution is -2.10. The SMILES string of the molecule is CC(c1ccc(F)cc1)n1c(CCl)nc2cc(Cl)cnc21. The van der Waals surface area contributed by atoms with Crippen molar-refractivity contribution in [1.82, 2.24) is 14.5 Å². The van der Waals surface area contributed by atoms with Gasteiger partial charge in [-0.2, -0.15) is 0 Å². The number of nitrogens with zero attached hydrogens (tertiary/aromatic N) is 3. The summed E-state index contributed by atoms with van der Waals surface area (Å²) >= 11 is 11.9. The number of hydrogen-bond acceptors (Lipinski definition) is 2. The molecule has 108 valence electrons. The van der Waals surface area contributed by atoms with Gasteiger partial charge in [0.05, 0.1) is 16.9 Å². The first-order valence-corrected chi connectivity index (χ1v) is 7.35. The van der Waals surface area contributed by atoms with Crippen LogP contribution < -0.4 is 0 Å². The zero-order chi connectivity index (χ0) is 15.0. The fourth-order valence-electron chi connectivity index (χ4n) is 2.40. The molecule has 0 amide bonds. The van der Waals surface area contributed by atoms with Gasteiger partial charge in [-0.05, 0) is 30.7 Å². The van der Waals surface area contributed by atoms with Crippen molar-refractivity contribution in [3.63, 3.8) is 0 Å². The van der Waals surface area contributed by atoms with Crippen molar-refractivity contribution in [1.29, 1.82) is 0 Å². The molecule has 3 aromatic rings. The Balaban J connectivity index is 2.16. The normalized spacial score (nSPS) is 12.8. The van der Waals surface area contributed by atoms with E-state index in [0.29, 0.717) is 22.0 Å². The highest BCUT2D eigenvalue weighted by Crippen LogP contribution is 2.27. The molecule has 0 saturated heterocycles. The van der Waals surface area contributed by atoms with Gasteiger partial charge in [0.2, 0.25) is 0 Å². The van der Waals surface area contributed by atoms with E-state index in [0.717, 1.165) is 5.56 Å². The summed E-state index contributed by atoms with van der Waals surface area (Å²) in [5, 5.41) is 0.530. The van der Waals surface area contributed by atoms with Gasteiger partial charge in [0, 0.05) is 6.20 Å². The minimum atomic E-state index is -0.260. The van der Waals surface area contributed by atoms with Gasteiger partial charge in [-0.25, -0.2) is 14.4 Å². The zero-order valence-electron chi connectivity index (χ0n) is 11.2. The highest BCUT2D eigenvalue weighted by Gasteiger charge is 2.18. The van der Waals surface area contributed by atoms with Crippen molar-refractivity contribution >= 4 is 34.4 Å². The van der Waals surface area contributed by atoms with Gasteiger partial charge in [-0.15, -0.1) is 11.6 Å². The van der Waals surface area contributed by atoms with Crippen LogP contribution in [0.25, 0.3) is 11.2 Å². The second-order valence-electron chi connectivity index (χ2n) is 4.76. The lowest BCUT2D eigenvalue weighted by atomic mass is 10.1. The Morgan fingerprint density at radius 2 is 2.00 bits per heavy atom. The van der Waals surface area contributed by atoms with E-state index in [9.17, 15) is 4.39 Å². The van der Waals surface area contributed by atoms with Crippen LogP contribution in [0.15, 0.2) is 36.5 Å². The summed E-state index contributed by atoms with van der Waals surface area (Å²) in [6.07, 6.45) is 1.58. The highest BCUT2D eigenvalue weighted by molar-refractivity contribution is 6.31. The molecular formula is C15H12Cl2FN3. The average molecular weight is 324 g/mol. The van der Waals surface area contributed by atoms with Gasteiger partial charge in [-0.1, -0.05) is 23.7 Å². The Morgan fingerprint density at radius 1 is 1.29 bits per heavy atom. The minimum Gasteiger partial charge on any atom is -0.304 e. The number of pyridine rings is 1. The number of hydrogen-bond donors (Lipinski definition) is 0. The van der Waals surface area contributed by atoms with Crippen LogP contribution >= 0.6 is 23.2 Å². The second-order valence-corrected chi connectivity index (χ2v) is 5.46. The number of alkyl halides is 1. The molecule has 0 saturated carbocycles. The topological polar surface area (TPSA) is 30.7 Å². The van der Waals surface area contributed by atoms with Crippen LogP contribution in [0.1, 0.15) is 24.4 Å². The number of halogens is 3. The zero-order valence-corrected chi connectivity index (χ0v) is 12.7. The molecule has 0 fully saturated rings. The van der Waals surface area contributed by atoms with Crippen LogP contribution in [0.5, 0.6) is 0 Å². The largest absolute Gasteiger partial charge is 0.304 e. The maximum Gasteiger partial charge on any atom is 0.160 e. The third kappa shape index (κ3) is 2.61. The summed E-state index contributed by atoms with van der Waals surface area (Å²) in [5.74, 6) is 0.710. The first-order chi connectivity index (χ1) is 10.1. The summed E-state index contributed by atoms with van der Waals surface area (Å²) in [5.41, 5.74) is 2.37. The van der Waals surface area contributed by atoms with E-state index in [-0.39, 0.29) is 17.7 Å². The van der Waals surface area contributed by atoms with Crippen molar-refractivity contribution in [3.05, 3.63) is 58.8 Å². The van der Waals surface area contributed by atoms with Crippen LogP contribution in [0.3, 0.4) is 0 Å². The van der Waals surface area contributed by atoms with E-state index < -0.39 is 0 Å². The van der Waals surface area contributed by atoms with E-state index >= 15 is 0 Å². The molecule has 1 aromatic carbocycles. The van der Waals surface area contributed by atoms with Gasteiger partial charge < -0.3 is 4.57 Å². The highest BCUT2D eigenvalue weighted by atomic mass is 35.5. The molecule has 3 nitrogen and oxygen atoms in total. The molecule has 2 aromatic heterocycles. The second kappa shape index (κ2) is 5.62. The standard InChI is InChI=1S/C15H12Cl2FN3/c1-9(10-2-4-12(18)5-3-10)21-14(7-16)20-13-6-11(17)8-19-15(13)21/h2-6,8-9H,7H2,1H3. The molecule has 6 heteroatoms. The molecule has 3 rings (SSSR count). The number of rotatable bonds is 3. The van der Waals surface area contributed by atoms with E-state index in [4.69, 9.17) is 23.2 Å². The number of fused-ring (bicyclic) bond motifs is 1. The fourth-order valence-corrected chi connectivity index (χ4v) is 2.74. The molecule has 0 radical (unpaired) electrons. The van der Waals surface area contributed by atoms with Gasteiger partial charge >= 0.3 is 0 Å². The quantitative estimate of drug-likeness (QED) is 0.661. The first kappa shape index (κ1) is 14.3. The average Bonchev–Trinajstić information content (AvgIpc) is 2.84. The molecule has 0 bridgehead atoms. The Hall–Kier alpha value is -1.65. The van der Waals surface area contributed by atoms with Gasteiger partial charge in [0.15, 0.2) is 5.65 Å². The van der Waals surface area contributed by atoms with Gasteiger partial charge in [0.1, 0.15) is 17.2 Å². The van der Waals surface area contributed by atoms with Crippen LogP contribution in [-0.4, -0.2) is 14.5 Å². The minimum absolute atomic E-state index is 0.0574. The smallest absolute Gasteiger partial charge is 0.160 e. The van der Waals surface area contributed by atoms with E-state index in [1.54, 1.807) is 24.4 Å².